The van der Waals surface area contributed by atoms with Crippen molar-refractivity contribution in [1.29, 1.82) is 5.41 Å². The van der Waals surface area contributed by atoms with Crippen LogP contribution in [0.4, 0.5) is 11.4 Å². The first-order valence-electron chi connectivity index (χ1n) is 13.0. The number of rotatable bonds is 8. The van der Waals surface area contributed by atoms with Gasteiger partial charge in [0.15, 0.2) is 0 Å². The van der Waals surface area contributed by atoms with Crippen molar-refractivity contribution in [3.05, 3.63) is 108 Å². The number of nitrogens with one attached hydrogen (secondary N) is 2. The molecule has 2 aromatic heterocycles. The van der Waals surface area contributed by atoms with E-state index in [1.807, 2.05) is 36.5 Å². The van der Waals surface area contributed by atoms with Crippen molar-refractivity contribution in [2.45, 2.75) is 32.2 Å². The average molecular weight is 505 g/mol. The SMILES string of the molecule is N=C(C(=O)Nc1ccc(Cc2ccccc2)nc1)c1cc(-c2cncc(CN3CCCCC3)c2)ccc1N. The third-order valence-corrected chi connectivity index (χ3v) is 6.84. The maximum Gasteiger partial charge on any atom is 0.274 e. The van der Waals surface area contributed by atoms with Gasteiger partial charge in [0.1, 0.15) is 5.71 Å². The number of hydrogen-bond acceptors (Lipinski definition) is 6. The Morgan fingerprint density at radius 1 is 0.895 bits per heavy atom. The standard InChI is InChI=1S/C31H32N6O/c32-29-12-9-24(25-15-23(18-34-19-25)21-37-13-5-2-6-14-37)17-28(29)30(33)31(38)36-27-11-10-26(35-20-27)16-22-7-3-1-4-8-22/h1,3-4,7-12,15,17-20,33H,2,5-6,13-14,16,21,32H2,(H,36,38). The van der Waals surface area contributed by atoms with Gasteiger partial charge in [0.2, 0.25) is 0 Å². The second-order valence-corrected chi connectivity index (χ2v) is 9.75. The van der Waals surface area contributed by atoms with Crippen molar-refractivity contribution in [2.75, 3.05) is 24.1 Å². The summed E-state index contributed by atoms with van der Waals surface area (Å²) in [5.41, 5.74) is 12.3. The molecule has 0 unspecified atom stereocenters. The Morgan fingerprint density at radius 2 is 1.71 bits per heavy atom. The van der Waals surface area contributed by atoms with Crippen molar-refractivity contribution in [3.8, 4) is 11.1 Å². The zero-order chi connectivity index (χ0) is 26.3. The zero-order valence-electron chi connectivity index (χ0n) is 21.4. The van der Waals surface area contributed by atoms with E-state index in [2.05, 4.69) is 38.4 Å². The van der Waals surface area contributed by atoms with Crippen LogP contribution in [-0.2, 0) is 17.8 Å². The molecular formula is C31H32N6O. The Hall–Kier alpha value is -4.36. The van der Waals surface area contributed by atoms with Gasteiger partial charge in [-0.05, 0) is 73.0 Å². The molecule has 4 aromatic rings. The van der Waals surface area contributed by atoms with Gasteiger partial charge in [0.05, 0.1) is 11.9 Å². The molecule has 1 aliphatic rings. The fourth-order valence-electron chi connectivity index (χ4n) is 4.78. The minimum atomic E-state index is -0.538. The van der Waals surface area contributed by atoms with Gasteiger partial charge in [-0.3, -0.25) is 25.1 Å². The number of aromatic nitrogens is 2. The number of pyridine rings is 2. The van der Waals surface area contributed by atoms with Crippen LogP contribution in [0.1, 0.15) is 41.6 Å². The minimum Gasteiger partial charge on any atom is -0.398 e. The van der Waals surface area contributed by atoms with Gasteiger partial charge in [-0.25, -0.2) is 0 Å². The molecule has 5 rings (SSSR count). The Balaban J connectivity index is 1.27. The molecule has 0 atom stereocenters. The van der Waals surface area contributed by atoms with E-state index in [9.17, 15) is 4.79 Å². The third kappa shape index (κ3) is 6.30. The van der Waals surface area contributed by atoms with Gasteiger partial charge in [0.25, 0.3) is 5.91 Å². The van der Waals surface area contributed by atoms with Crippen molar-refractivity contribution in [1.82, 2.24) is 14.9 Å². The zero-order valence-corrected chi connectivity index (χ0v) is 21.4. The number of piperidine rings is 1. The Labute approximate surface area is 223 Å². The van der Waals surface area contributed by atoms with Gasteiger partial charge in [-0.15, -0.1) is 0 Å². The minimum absolute atomic E-state index is 0.199. The van der Waals surface area contributed by atoms with Crippen molar-refractivity contribution in [2.24, 2.45) is 0 Å². The van der Waals surface area contributed by atoms with Crippen LogP contribution in [-0.4, -0.2) is 39.6 Å². The van der Waals surface area contributed by atoms with Gasteiger partial charge in [-0.2, -0.15) is 0 Å². The molecule has 0 spiro atoms. The number of amides is 1. The molecule has 0 saturated carbocycles. The maximum absolute atomic E-state index is 12.9. The summed E-state index contributed by atoms with van der Waals surface area (Å²) in [7, 11) is 0. The van der Waals surface area contributed by atoms with Gasteiger partial charge >= 0.3 is 0 Å². The summed E-state index contributed by atoms with van der Waals surface area (Å²) in [6, 6.07) is 21.3. The van der Waals surface area contributed by atoms with E-state index in [1.54, 1.807) is 30.6 Å². The lowest BCUT2D eigenvalue weighted by Crippen LogP contribution is -2.29. The van der Waals surface area contributed by atoms with Crippen LogP contribution < -0.4 is 11.1 Å². The third-order valence-electron chi connectivity index (χ3n) is 6.84. The highest BCUT2D eigenvalue weighted by molar-refractivity contribution is 6.48. The Morgan fingerprint density at radius 3 is 2.47 bits per heavy atom. The summed E-state index contributed by atoms with van der Waals surface area (Å²) < 4.78 is 0. The summed E-state index contributed by atoms with van der Waals surface area (Å²) in [6.07, 6.45) is 9.83. The molecule has 2 aromatic carbocycles. The van der Waals surface area contributed by atoms with Crippen LogP contribution in [0.25, 0.3) is 11.1 Å². The molecule has 0 bridgehead atoms. The number of likely N-dealkylation sites (tertiary alicyclic amines) is 1. The first-order chi connectivity index (χ1) is 18.5. The number of nitrogen functional groups attached to an aromatic ring is 1. The van der Waals surface area contributed by atoms with Gasteiger partial charge in [-0.1, -0.05) is 42.8 Å². The van der Waals surface area contributed by atoms with E-state index in [0.717, 1.165) is 42.0 Å². The van der Waals surface area contributed by atoms with Crippen molar-refractivity contribution < 1.29 is 4.79 Å². The quantitative estimate of drug-likeness (QED) is 0.223. The summed E-state index contributed by atoms with van der Waals surface area (Å²) in [5.74, 6) is -0.538. The van der Waals surface area contributed by atoms with E-state index >= 15 is 0 Å². The molecule has 1 saturated heterocycles. The molecule has 0 aliphatic carbocycles. The molecule has 1 amide bonds. The predicted octanol–water partition coefficient (Wildman–Crippen LogP) is 5.31. The lowest BCUT2D eigenvalue weighted by atomic mass is 9.99. The number of nitrogens with two attached hydrogens (primary N) is 1. The van der Waals surface area contributed by atoms with Crippen LogP contribution in [0.2, 0.25) is 0 Å². The molecule has 38 heavy (non-hydrogen) atoms. The molecule has 4 N–H and O–H groups in total. The number of hydrogen-bond donors (Lipinski definition) is 3. The monoisotopic (exact) mass is 504 g/mol. The maximum atomic E-state index is 12.9. The summed E-state index contributed by atoms with van der Waals surface area (Å²) >= 11 is 0. The normalized spacial score (nSPS) is 13.7. The number of anilines is 2. The summed E-state index contributed by atoms with van der Waals surface area (Å²) in [4.78, 5) is 24.3. The molecule has 7 heteroatoms. The largest absolute Gasteiger partial charge is 0.398 e. The fraction of sp³-hybridized carbons (Fsp3) is 0.226. The number of carbonyl (C=O) groups is 1. The first kappa shape index (κ1) is 25.3. The average Bonchev–Trinajstić information content (AvgIpc) is 2.95. The van der Waals surface area contributed by atoms with E-state index in [-0.39, 0.29) is 5.71 Å². The topological polar surface area (TPSA) is 108 Å². The second-order valence-electron chi connectivity index (χ2n) is 9.75. The van der Waals surface area contributed by atoms with Crippen molar-refractivity contribution in [3.63, 3.8) is 0 Å². The van der Waals surface area contributed by atoms with Crippen LogP contribution in [0.3, 0.4) is 0 Å². The number of benzene rings is 2. The molecule has 0 radical (unpaired) electrons. The summed E-state index contributed by atoms with van der Waals surface area (Å²) in [5, 5.41) is 11.3. The highest BCUT2D eigenvalue weighted by Crippen LogP contribution is 2.25. The lowest BCUT2D eigenvalue weighted by Gasteiger charge is -2.26. The Bertz CT molecular complexity index is 1410. The first-order valence-corrected chi connectivity index (χ1v) is 13.0. The predicted molar refractivity (Wildman–Crippen MR) is 152 cm³/mol. The second kappa shape index (κ2) is 11.8. The molecule has 1 fully saturated rings. The summed E-state index contributed by atoms with van der Waals surface area (Å²) in [6.45, 7) is 3.11. The number of nitrogens with zero attached hydrogens (tertiary/aromatic N) is 3. The molecule has 3 heterocycles. The molecule has 192 valence electrons. The highest BCUT2D eigenvalue weighted by Gasteiger charge is 2.17. The van der Waals surface area contributed by atoms with E-state index < -0.39 is 5.91 Å². The highest BCUT2D eigenvalue weighted by atomic mass is 16.1. The van der Waals surface area contributed by atoms with Crippen LogP contribution in [0, 0.1) is 5.41 Å². The van der Waals surface area contributed by atoms with Gasteiger partial charge in [0, 0.05) is 47.9 Å². The Kier molecular flexibility index (Phi) is 7.85. The van der Waals surface area contributed by atoms with E-state index in [1.165, 1.54) is 24.8 Å². The van der Waals surface area contributed by atoms with E-state index in [0.29, 0.717) is 23.4 Å². The molecule has 1 aliphatic heterocycles. The fourth-order valence-corrected chi connectivity index (χ4v) is 4.78. The molecule has 7 nitrogen and oxygen atoms in total. The van der Waals surface area contributed by atoms with Gasteiger partial charge < -0.3 is 11.1 Å². The van der Waals surface area contributed by atoms with Crippen molar-refractivity contribution >= 4 is 23.0 Å². The van der Waals surface area contributed by atoms with Crippen LogP contribution in [0.5, 0.6) is 0 Å². The number of carbonyl (C=O) groups excluding carboxylic acids is 1. The lowest BCUT2D eigenvalue weighted by molar-refractivity contribution is -0.110. The van der Waals surface area contributed by atoms with Crippen LogP contribution in [0.15, 0.2) is 85.3 Å². The molecular weight excluding hydrogens is 472 g/mol. The van der Waals surface area contributed by atoms with Crippen LogP contribution >= 0.6 is 0 Å². The van der Waals surface area contributed by atoms with E-state index in [4.69, 9.17) is 11.1 Å². The smallest absolute Gasteiger partial charge is 0.274 e.